The first-order chi connectivity index (χ1) is 35.3. The molecular weight excluding hydrogens is 1070 g/mol. The molecule has 4 amide bonds. The summed E-state index contributed by atoms with van der Waals surface area (Å²) in [5.74, 6) is -0.0501. The summed E-state index contributed by atoms with van der Waals surface area (Å²) in [6.45, 7) is 18.8. The number of nitrogens with zero attached hydrogens (tertiary/aromatic N) is 7. The van der Waals surface area contributed by atoms with Crippen LogP contribution in [0.4, 0.5) is 0 Å². The number of aromatic nitrogens is 6. The molecule has 0 unspecified atom stereocenters. The Labute approximate surface area is 459 Å². The van der Waals surface area contributed by atoms with Gasteiger partial charge in [-0.2, -0.15) is 5.21 Å². The second-order valence-corrected chi connectivity index (χ2v) is 20.4. The van der Waals surface area contributed by atoms with Gasteiger partial charge in [0.1, 0.15) is 25.1 Å². The van der Waals surface area contributed by atoms with Gasteiger partial charge in [0, 0.05) is 58.1 Å². The molecule has 0 bridgehead atoms. The smallest absolute Gasteiger partial charge is 0.246 e. The molecule has 9 N–H and O–H groups in total. The fourth-order valence-electron chi connectivity index (χ4n) is 8.01. The maximum atomic E-state index is 13.7. The summed E-state index contributed by atoms with van der Waals surface area (Å²) in [6, 6.07) is 15.2. The van der Waals surface area contributed by atoms with Gasteiger partial charge < -0.3 is 51.6 Å². The zero-order valence-corrected chi connectivity index (χ0v) is 47.6. The Morgan fingerprint density at radius 1 is 0.813 bits per heavy atom. The van der Waals surface area contributed by atoms with Crippen molar-refractivity contribution in [3.05, 3.63) is 70.8 Å². The molecule has 21 nitrogen and oxygen atoms in total. The van der Waals surface area contributed by atoms with E-state index in [-0.39, 0.29) is 76.5 Å². The number of ether oxygens (including phenoxy) is 1. The molecule has 0 aliphatic rings. The van der Waals surface area contributed by atoms with Gasteiger partial charge in [0.25, 0.3) is 0 Å². The molecule has 2 aromatic carbocycles. The third kappa shape index (κ3) is 21.1. The molecule has 1 atom stereocenters. The molecule has 4 aromatic rings. The topological polar surface area (TPSA) is 287 Å². The minimum Gasteiger partial charge on any atom is -0.411 e. The summed E-state index contributed by atoms with van der Waals surface area (Å²) in [4.78, 5) is 56.8. The zero-order valence-electron chi connectivity index (χ0n) is 45.0. The van der Waals surface area contributed by atoms with Gasteiger partial charge in [-0.25, -0.2) is 4.98 Å². The third-order valence-electron chi connectivity index (χ3n) is 13.1. The molecule has 0 fully saturated rings. The van der Waals surface area contributed by atoms with E-state index in [9.17, 15) is 29.6 Å². The van der Waals surface area contributed by atoms with Gasteiger partial charge in [-0.05, 0) is 120 Å². The number of aromatic amines is 1. The average molecular weight is 1150 g/mol. The van der Waals surface area contributed by atoms with Crippen molar-refractivity contribution < 1.29 is 54.4 Å². The van der Waals surface area contributed by atoms with Crippen LogP contribution in [-0.2, 0) is 63.5 Å². The Balaban J connectivity index is 0.0000148. The summed E-state index contributed by atoms with van der Waals surface area (Å²) in [5.41, 5.74) is 4.60. The van der Waals surface area contributed by atoms with Crippen LogP contribution in [0.25, 0.3) is 22.5 Å². The molecule has 2 aromatic heterocycles. The minimum atomic E-state index is -0.840. The number of rotatable bonds is 33. The number of hydrogen-bond acceptors (Lipinski definition) is 15. The van der Waals surface area contributed by atoms with Crippen molar-refractivity contribution in [1.82, 2.24) is 62.1 Å². The van der Waals surface area contributed by atoms with Gasteiger partial charge in [0.05, 0.1) is 34.7 Å². The first-order valence-electron chi connectivity index (χ1n) is 25.5. The second-order valence-electron chi connectivity index (χ2n) is 20.0. The Morgan fingerprint density at radius 3 is 1.96 bits per heavy atom. The van der Waals surface area contributed by atoms with E-state index in [0.717, 1.165) is 53.8 Å². The SMILES string of the molecule is CCCCc1nc(Cl)c(CNC(=O)[C@H](CC(C)C)NC(=O)CCNC(=O)COCC(=O)NCCC(CCNC(C)(C)/C(C)=N/O)CCNC(C)(C)/C(C)=N/O)n1Cc1ccc(-c2ccccc2-c2nn[nH]n2)cc1.[99Tc]. The van der Waals surface area contributed by atoms with Crippen molar-refractivity contribution in [1.29, 1.82) is 0 Å². The van der Waals surface area contributed by atoms with Crippen molar-refractivity contribution in [3.63, 3.8) is 0 Å². The number of hydrogen-bond donors (Lipinski definition) is 9. The summed E-state index contributed by atoms with van der Waals surface area (Å²) in [5, 5.41) is 58.2. The van der Waals surface area contributed by atoms with E-state index >= 15 is 0 Å². The fraction of sp³-hybridized carbons (Fsp3) is 0.577. The molecule has 23 heteroatoms. The molecular formula is C52H79ClN14O7Tc. The van der Waals surface area contributed by atoms with Crippen LogP contribution in [0.5, 0.6) is 0 Å². The number of amides is 4. The Bertz CT molecular complexity index is 2430. The number of imidazole rings is 1. The average Bonchev–Trinajstić information content (AvgIpc) is 4.01. The molecule has 0 saturated heterocycles. The van der Waals surface area contributed by atoms with Gasteiger partial charge in [-0.15, -0.1) is 10.2 Å². The molecule has 0 saturated carbocycles. The Kier molecular flexibility index (Phi) is 27.2. The number of tetrazole rings is 1. The first kappa shape index (κ1) is 63.7. The van der Waals surface area contributed by atoms with E-state index < -0.39 is 28.9 Å². The van der Waals surface area contributed by atoms with Gasteiger partial charge >= 0.3 is 0 Å². The van der Waals surface area contributed by atoms with Crippen LogP contribution in [0, 0.1) is 11.8 Å². The largest absolute Gasteiger partial charge is 0.411 e. The Morgan fingerprint density at radius 2 is 1.40 bits per heavy atom. The first-order valence-corrected chi connectivity index (χ1v) is 25.9. The number of nitrogens with one attached hydrogen (secondary N) is 7. The van der Waals surface area contributed by atoms with Crippen LogP contribution in [0.1, 0.15) is 124 Å². The summed E-state index contributed by atoms with van der Waals surface area (Å²) in [7, 11) is 0. The minimum absolute atomic E-state index is 0. The van der Waals surface area contributed by atoms with Crippen molar-refractivity contribution in [2.45, 2.75) is 144 Å². The van der Waals surface area contributed by atoms with Gasteiger partial charge in [0.2, 0.25) is 29.5 Å². The molecule has 2 heterocycles. The monoisotopic (exact) mass is 1150 g/mol. The van der Waals surface area contributed by atoms with Crippen LogP contribution >= 0.6 is 11.6 Å². The van der Waals surface area contributed by atoms with Crippen LogP contribution in [-0.4, -0.2) is 132 Å². The predicted octanol–water partition coefficient (Wildman–Crippen LogP) is 5.78. The standard InChI is InChI=1S/C52H79ClN14O7.Tc/c1-10-11-16-44-60-48(53)43(67(44)31-38-17-19-39(20-18-38)40-14-12-13-15-41(40)49-61-65-66-62-49)30-56-50(71)42(29-34(2)3)59-45(68)24-26-55-47(70)33-74-32-46(69)54-25-21-37(22-27-57-51(6,7)35(4)63-72)23-28-58-52(8,9)36(5)64-73;/h12-15,17-20,34,37,42,57-58,72-73H,10-11,16,21-33H2,1-9H3,(H,54,69)(H,55,70)(H,56,71)(H,59,68)(H,61,62,65,66);/b63-35+,64-36+;/t42-;/m0./s1/i;1+1. The maximum absolute atomic E-state index is 13.7. The van der Waals surface area contributed by atoms with Crippen LogP contribution < -0.4 is 31.9 Å². The predicted molar refractivity (Wildman–Crippen MR) is 286 cm³/mol. The molecule has 0 spiro atoms. The van der Waals surface area contributed by atoms with Crippen LogP contribution in [0.2, 0.25) is 5.15 Å². The number of H-pyrrole nitrogens is 1. The normalized spacial score (nSPS) is 12.6. The number of unbranched alkanes of at least 4 members (excludes halogenated alkanes) is 1. The van der Waals surface area contributed by atoms with E-state index in [2.05, 4.69) is 69.8 Å². The number of carbonyl (C=O) groups is 4. The van der Waals surface area contributed by atoms with E-state index in [0.29, 0.717) is 73.5 Å². The molecule has 75 heavy (non-hydrogen) atoms. The number of benzene rings is 2. The quantitative estimate of drug-likeness (QED) is 0.0156. The van der Waals surface area contributed by atoms with Gasteiger partial charge in [-0.1, -0.05) is 97.6 Å². The maximum Gasteiger partial charge on any atom is 0.246 e. The zero-order chi connectivity index (χ0) is 54.3. The van der Waals surface area contributed by atoms with Gasteiger partial charge in [0.15, 0.2) is 5.15 Å². The molecule has 0 aliphatic heterocycles. The second kappa shape index (κ2) is 32.1. The van der Waals surface area contributed by atoms with E-state index in [4.69, 9.17) is 21.3 Å². The van der Waals surface area contributed by atoms with E-state index in [1.807, 2.05) is 94.6 Å². The van der Waals surface area contributed by atoms with Crippen molar-refractivity contribution in [3.8, 4) is 22.5 Å². The van der Waals surface area contributed by atoms with Gasteiger partial charge in [-0.3, -0.25) is 19.2 Å². The van der Waals surface area contributed by atoms with Crippen molar-refractivity contribution >= 4 is 46.7 Å². The number of halogens is 1. The summed E-state index contributed by atoms with van der Waals surface area (Å²) < 4.78 is 7.42. The molecule has 413 valence electrons. The van der Waals surface area contributed by atoms with Crippen molar-refractivity contribution in [2.24, 2.45) is 22.1 Å². The molecule has 4 rings (SSSR count). The van der Waals surface area contributed by atoms with Crippen LogP contribution in [0.15, 0.2) is 58.8 Å². The Hall–Kier alpha value is -5.64. The number of oxime groups is 2. The van der Waals surface area contributed by atoms with Crippen LogP contribution in [0.3, 0.4) is 0 Å². The molecule has 1 radical (unpaired) electrons. The fourth-order valence-corrected chi connectivity index (χ4v) is 8.28. The third-order valence-corrected chi connectivity index (χ3v) is 13.4. The van der Waals surface area contributed by atoms with E-state index in [1.165, 1.54) is 0 Å². The van der Waals surface area contributed by atoms with E-state index in [1.54, 1.807) is 13.8 Å². The number of aryl methyl sites for hydroxylation is 1. The summed E-state index contributed by atoms with van der Waals surface area (Å²) >= 11 is 6.77. The number of carbonyl (C=O) groups excluding carboxylic acids is 4. The van der Waals surface area contributed by atoms with Crippen molar-refractivity contribution in [2.75, 3.05) is 39.4 Å². The molecule has 0 aliphatic carbocycles. The summed E-state index contributed by atoms with van der Waals surface area (Å²) in [6.07, 6.45) is 5.13.